The third-order valence-electron chi connectivity index (χ3n) is 2.34. The summed E-state index contributed by atoms with van der Waals surface area (Å²) >= 11 is 0. The van der Waals surface area contributed by atoms with Gasteiger partial charge < -0.3 is 4.90 Å². The van der Waals surface area contributed by atoms with E-state index in [-0.39, 0.29) is 5.78 Å². The van der Waals surface area contributed by atoms with Crippen LogP contribution in [0.3, 0.4) is 0 Å². The van der Waals surface area contributed by atoms with Crippen LogP contribution < -0.4 is 0 Å². The highest BCUT2D eigenvalue weighted by Gasteiger charge is 1.96. The number of unbranched alkanes of at least 4 members (excludes halogenated alkanes) is 1. The lowest BCUT2D eigenvalue weighted by Crippen LogP contribution is -2.22. The number of likely N-dealkylation sites (N-methyl/N-ethyl adjacent to an activating group) is 1. The van der Waals surface area contributed by atoms with E-state index in [1.165, 1.54) is 0 Å². The molecule has 0 radical (unpaired) electrons. The lowest BCUT2D eigenvalue weighted by atomic mass is 10.2. The van der Waals surface area contributed by atoms with E-state index in [2.05, 4.69) is 25.7 Å². The Kier molecular flexibility index (Phi) is 8.54. The zero-order chi connectivity index (χ0) is 10.8. The Hall–Kier alpha value is -0.630. The average molecular weight is 197 g/mol. The van der Waals surface area contributed by atoms with Crippen LogP contribution in [0.25, 0.3) is 0 Å². The number of rotatable bonds is 8. The van der Waals surface area contributed by atoms with Crippen molar-refractivity contribution >= 4 is 5.78 Å². The van der Waals surface area contributed by atoms with Gasteiger partial charge in [-0.2, -0.15) is 0 Å². The van der Waals surface area contributed by atoms with Crippen molar-refractivity contribution in [2.24, 2.45) is 0 Å². The molecule has 0 aromatic heterocycles. The molecule has 82 valence electrons. The van der Waals surface area contributed by atoms with Gasteiger partial charge in [-0.15, -0.1) is 0 Å². The number of hydrogen-bond donors (Lipinski definition) is 0. The summed E-state index contributed by atoms with van der Waals surface area (Å²) in [5.74, 6) is 0.263. The molecule has 0 saturated carbocycles. The third kappa shape index (κ3) is 6.84. The minimum atomic E-state index is 0.263. The molecule has 0 aliphatic rings. The maximum atomic E-state index is 11.3. The SMILES string of the molecule is CCCCC(=O)C=CCN(CC)CC. The van der Waals surface area contributed by atoms with E-state index in [1.54, 1.807) is 6.08 Å². The van der Waals surface area contributed by atoms with Gasteiger partial charge in [0.05, 0.1) is 0 Å². The zero-order valence-electron chi connectivity index (χ0n) is 9.75. The molecule has 2 nitrogen and oxygen atoms in total. The van der Waals surface area contributed by atoms with E-state index >= 15 is 0 Å². The van der Waals surface area contributed by atoms with Crippen LogP contribution in [0.4, 0.5) is 0 Å². The molecule has 0 rings (SSSR count). The highest BCUT2D eigenvalue weighted by atomic mass is 16.1. The average Bonchev–Trinajstić information content (AvgIpc) is 2.21. The normalized spacial score (nSPS) is 11.4. The van der Waals surface area contributed by atoms with Gasteiger partial charge in [-0.25, -0.2) is 0 Å². The second-order valence-corrected chi connectivity index (χ2v) is 3.46. The van der Waals surface area contributed by atoms with Crippen molar-refractivity contribution in [3.8, 4) is 0 Å². The molecule has 0 aromatic carbocycles. The zero-order valence-corrected chi connectivity index (χ0v) is 9.75. The van der Waals surface area contributed by atoms with Crippen molar-refractivity contribution in [1.82, 2.24) is 4.90 Å². The first kappa shape index (κ1) is 13.4. The fourth-order valence-corrected chi connectivity index (χ4v) is 1.25. The van der Waals surface area contributed by atoms with Gasteiger partial charge in [0.1, 0.15) is 0 Å². The number of carbonyl (C=O) groups is 1. The van der Waals surface area contributed by atoms with Gasteiger partial charge in [0.15, 0.2) is 5.78 Å². The summed E-state index contributed by atoms with van der Waals surface area (Å²) in [6.45, 7) is 9.36. The molecule has 0 spiro atoms. The summed E-state index contributed by atoms with van der Waals surface area (Å²) in [6.07, 6.45) is 6.51. The first-order chi connectivity index (χ1) is 6.74. The molecule has 0 aromatic rings. The molecule has 0 aliphatic heterocycles. The molecular weight excluding hydrogens is 174 g/mol. The van der Waals surface area contributed by atoms with Crippen molar-refractivity contribution in [3.05, 3.63) is 12.2 Å². The Bertz CT molecular complexity index is 171. The molecule has 0 unspecified atom stereocenters. The van der Waals surface area contributed by atoms with E-state index in [9.17, 15) is 4.79 Å². The lowest BCUT2D eigenvalue weighted by Gasteiger charge is -2.14. The van der Waals surface area contributed by atoms with Crippen molar-refractivity contribution in [3.63, 3.8) is 0 Å². The largest absolute Gasteiger partial charge is 0.300 e. The van der Waals surface area contributed by atoms with Crippen LogP contribution in [-0.4, -0.2) is 30.3 Å². The molecule has 0 bridgehead atoms. The van der Waals surface area contributed by atoms with Gasteiger partial charge >= 0.3 is 0 Å². The molecule has 0 aliphatic carbocycles. The second kappa shape index (κ2) is 8.95. The van der Waals surface area contributed by atoms with Gasteiger partial charge in [0, 0.05) is 13.0 Å². The Balaban J connectivity index is 3.64. The van der Waals surface area contributed by atoms with E-state index in [1.807, 2.05) is 6.08 Å². The van der Waals surface area contributed by atoms with Gasteiger partial charge in [0.25, 0.3) is 0 Å². The third-order valence-corrected chi connectivity index (χ3v) is 2.34. The predicted molar refractivity (Wildman–Crippen MR) is 61.5 cm³/mol. The second-order valence-electron chi connectivity index (χ2n) is 3.46. The first-order valence-corrected chi connectivity index (χ1v) is 5.66. The predicted octanol–water partition coefficient (Wildman–Crippen LogP) is 2.64. The molecule has 0 amide bonds. The van der Waals surface area contributed by atoms with Crippen LogP contribution in [0, 0.1) is 0 Å². The maximum absolute atomic E-state index is 11.3. The maximum Gasteiger partial charge on any atom is 0.155 e. The van der Waals surface area contributed by atoms with Crippen LogP contribution in [-0.2, 0) is 4.79 Å². The highest BCUT2D eigenvalue weighted by Crippen LogP contribution is 1.96. The standard InChI is InChI=1S/C12H23NO/c1-4-7-9-12(14)10-8-11-13(5-2)6-3/h8,10H,4-7,9,11H2,1-3H3. The molecule has 0 fully saturated rings. The monoisotopic (exact) mass is 197 g/mol. The van der Waals surface area contributed by atoms with E-state index in [0.717, 1.165) is 32.5 Å². The number of carbonyl (C=O) groups excluding carboxylic acids is 1. The van der Waals surface area contributed by atoms with Crippen molar-refractivity contribution in [2.75, 3.05) is 19.6 Å². The Labute approximate surface area is 88.0 Å². The molecular formula is C12H23NO. The number of ketones is 1. The van der Waals surface area contributed by atoms with Crippen LogP contribution in [0.2, 0.25) is 0 Å². The van der Waals surface area contributed by atoms with Crippen molar-refractivity contribution in [2.45, 2.75) is 40.0 Å². The quantitative estimate of drug-likeness (QED) is 0.558. The lowest BCUT2D eigenvalue weighted by molar-refractivity contribution is -0.114. The van der Waals surface area contributed by atoms with Crippen molar-refractivity contribution in [1.29, 1.82) is 0 Å². The Morgan fingerprint density at radius 2 is 1.86 bits per heavy atom. The van der Waals surface area contributed by atoms with Gasteiger partial charge in [-0.3, -0.25) is 4.79 Å². The van der Waals surface area contributed by atoms with Gasteiger partial charge in [-0.1, -0.05) is 33.3 Å². The summed E-state index contributed by atoms with van der Waals surface area (Å²) < 4.78 is 0. The summed E-state index contributed by atoms with van der Waals surface area (Å²) in [7, 11) is 0. The van der Waals surface area contributed by atoms with Crippen LogP contribution in [0.1, 0.15) is 40.0 Å². The fourth-order valence-electron chi connectivity index (χ4n) is 1.25. The molecule has 2 heteroatoms. The van der Waals surface area contributed by atoms with E-state index in [4.69, 9.17) is 0 Å². The molecule has 0 N–H and O–H groups in total. The minimum absolute atomic E-state index is 0.263. The van der Waals surface area contributed by atoms with E-state index < -0.39 is 0 Å². The Morgan fingerprint density at radius 3 is 2.36 bits per heavy atom. The van der Waals surface area contributed by atoms with Gasteiger partial charge in [0.2, 0.25) is 0 Å². The number of nitrogens with zero attached hydrogens (tertiary/aromatic N) is 1. The van der Waals surface area contributed by atoms with Gasteiger partial charge in [-0.05, 0) is 25.6 Å². The van der Waals surface area contributed by atoms with Crippen LogP contribution in [0.5, 0.6) is 0 Å². The minimum Gasteiger partial charge on any atom is -0.300 e. The number of hydrogen-bond acceptors (Lipinski definition) is 2. The summed E-state index contributed by atoms with van der Waals surface area (Å²) in [4.78, 5) is 13.5. The molecule has 14 heavy (non-hydrogen) atoms. The number of allylic oxidation sites excluding steroid dienone is 1. The molecule has 0 heterocycles. The summed E-state index contributed by atoms with van der Waals surface area (Å²) in [5.41, 5.74) is 0. The van der Waals surface area contributed by atoms with Crippen molar-refractivity contribution < 1.29 is 4.79 Å². The fraction of sp³-hybridized carbons (Fsp3) is 0.750. The van der Waals surface area contributed by atoms with Crippen LogP contribution in [0.15, 0.2) is 12.2 Å². The topological polar surface area (TPSA) is 20.3 Å². The molecule has 0 atom stereocenters. The summed E-state index contributed by atoms with van der Waals surface area (Å²) in [5, 5.41) is 0. The highest BCUT2D eigenvalue weighted by molar-refractivity contribution is 5.89. The van der Waals surface area contributed by atoms with Crippen LogP contribution >= 0.6 is 0 Å². The summed E-state index contributed by atoms with van der Waals surface area (Å²) in [6, 6.07) is 0. The smallest absolute Gasteiger partial charge is 0.155 e. The first-order valence-electron chi connectivity index (χ1n) is 5.66. The molecule has 0 saturated heterocycles. The van der Waals surface area contributed by atoms with E-state index in [0.29, 0.717) is 6.42 Å². The Morgan fingerprint density at radius 1 is 1.21 bits per heavy atom.